The van der Waals surface area contributed by atoms with Crippen molar-refractivity contribution >= 4 is 17.7 Å². The number of benzene rings is 1. The number of methoxy groups -OCH3 is 1. The molecule has 0 radical (unpaired) electrons. The Labute approximate surface area is 109 Å². The number of hydrogen-bond acceptors (Lipinski definition) is 2. The van der Waals surface area contributed by atoms with Gasteiger partial charge in [-0.3, -0.25) is 0 Å². The number of halogens is 1. The Morgan fingerprint density at radius 2 is 2.24 bits per heavy atom. The van der Waals surface area contributed by atoms with E-state index in [0.29, 0.717) is 0 Å². The van der Waals surface area contributed by atoms with E-state index in [1.165, 1.54) is 5.57 Å². The minimum atomic E-state index is 0.740. The highest BCUT2D eigenvalue weighted by Crippen LogP contribution is 2.18. The van der Waals surface area contributed by atoms with Gasteiger partial charge in [-0.25, -0.2) is 0 Å². The van der Waals surface area contributed by atoms with E-state index in [9.17, 15) is 0 Å². The highest BCUT2D eigenvalue weighted by Gasteiger charge is 1.96. The summed E-state index contributed by atoms with van der Waals surface area (Å²) in [7, 11) is 1.71. The van der Waals surface area contributed by atoms with Crippen LogP contribution in [0.3, 0.4) is 0 Å². The van der Waals surface area contributed by atoms with Crippen LogP contribution >= 0.6 is 11.6 Å². The van der Waals surface area contributed by atoms with Crippen LogP contribution in [0.25, 0.3) is 6.08 Å². The Morgan fingerprint density at radius 3 is 2.88 bits per heavy atom. The summed E-state index contributed by atoms with van der Waals surface area (Å²) >= 11 is 6.08. The van der Waals surface area contributed by atoms with Gasteiger partial charge in [-0.05, 0) is 31.0 Å². The molecule has 94 valence electrons. The molecular weight excluding hydrogens is 234 g/mol. The lowest BCUT2D eigenvalue weighted by molar-refractivity contribution is 0.200. The second-order valence-electron chi connectivity index (χ2n) is 4.17. The Bertz CT molecular complexity index is 388. The third kappa shape index (κ3) is 5.35. The van der Waals surface area contributed by atoms with Crippen LogP contribution in [0.15, 0.2) is 23.8 Å². The van der Waals surface area contributed by atoms with Crippen LogP contribution in [0.1, 0.15) is 18.1 Å². The largest absolute Gasteiger partial charge is 0.383 e. The predicted octanol–water partition coefficient (Wildman–Crippen LogP) is 3.29. The van der Waals surface area contributed by atoms with Crippen LogP contribution in [0, 0.1) is 6.92 Å². The molecule has 0 aliphatic carbocycles. The number of hydrogen-bond donors (Lipinski definition) is 1. The third-order valence-corrected chi connectivity index (χ3v) is 2.90. The zero-order valence-electron chi connectivity index (χ0n) is 10.7. The maximum absolute atomic E-state index is 6.08. The van der Waals surface area contributed by atoms with Crippen molar-refractivity contribution in [3.63, 3.8) is 0 Å². The maximum atomic E-state index is 6.08. The van der Waals surface area contributed by atoms with E-state index in [0.717, 1.165) is 35.8 Å². The van der Waals surface area contributed by atoms with Crippen molar-refractivity contribution < 1.29 is 4.74 Å². The van der Waals surface area contributed by atoms with Crippen molar-refractivity contribution in [1.82, 2.24) is 5.32 Å². The standard InChI is InChI=1S/C14H20ClNO/c1-11(10-16-6-7-17-3)8-13-5-4-12(2)14(15)9-13/h4-5,8-9,16H,6-7,10H2,1-3H3/b11-8+. The van der Waals surface area contributed by atoms with Crippen LogP contribution in [0.4, 0.5) is 0 Å². The third-order valence-electron chi connectivity index (χ3n) is 2.50. The molecule has 0 saturated carbocycles. The first-order chi connectivity index (χ1) is 8.13. The van der Waals surface area contributed by atoms with Crippen LogP contribution in [-0.4, -0.2) is 26.8 Å². The Balaban J connectivity index is 2.52. The molecule has 0 amide bonds. The number of rotatable bonds is 6. The molecule has 0 bridgehead atoms. The molecule has 0 fully saturated rings. The van der Waals surface area contributed by atoms with Gasteiger partial charge in [0.1, 0.15) is 0 Å². The lowest BCUT2D eigenvalue weighted by atomic mass is 10.1. The second-order valence-corrected chi connectivity index (χ2v) is 4.58. The summed E-state index contributed by atoms with van der Waals surface area (Å²) < 4.78 is 4.97. The van der Waals surface area contributed by atoms with E-state index in [1.54, 1.807) is 7.11 Å². The molecule has 1 aromatic rings. The molecule has 17 heavy (non-hydrogen) atoms. The maximum Gasteiger partial charge on any atom is 0.0587 e. The van der Waals surface area contributed by atoms with E-state index in [-0.39, 0.29) is 0 Å². The molecular formula is C14H20ClNO. The first kappa shape index (κ1) is 14.2. The van der Waals surface area contributed by atoms with Gasteiger partial charge in [0.25, 0.3) is 0 Å². The summed E-state index contributed by atoms with van der Waals surface area (Å²) in [5.74, 6) is 0. The van der Waals surface area contributed by atoms with E-state index >= 15 is 0 Å². The van der Waals surface area contributed by atoms with Crippen molar-refractivity contribution in [1.29, 1.82) is 0 Å². The molecule has 0 atom stereocenters. The highest BCUT2D eigenvalue weighted by atomic mass is 35.5. The Hall–Kier alpha value is -0.830. The number of ether oxygens (including phenoxy) is 1. The second kappa shape index (κ2) is 7.49. The first-order valence-corrected chi connectivity index (χ1v) is 6.14. The summed E-state index contributed by atoms with van der Waals surface area (Å²) in [6.45, 7) is 6.59. The molecule has 0 aromatic heterocycles. The van der Waals surface area contributed by atoms with Crippen molar-refractivity contribution in [2.45, 2.75) is 13.8 Å². The minimum absolute atomic E-state index is 0.740. The average molecular weight is 254 g/mol. The van der Waals surface area contributed by atoms with Crippen LogP contribution in [0.5, 0.6) is 0 Å². The topological polar surface area (TPSA) is 21.3 Å². The quantitative estimate of drug-likeness (QED) is 0.786. The van der Waals surface area contributed by atoms with Gasteiger partial charge in [-0.2, -0.15) is 0 Å². The predicted molar refractivity (Wildman–Crippen MR) is 74.6 cm³/mol. The van der Waals surface area contributed by atoms with Crippen molar-refractivity contribution in [2.75, 3.05) is 26.8 Å². The molecule has 0 spiro atoms. The van der Waals surface area contributed by atoms with Crippen LogP contribution in [-0.2, 0) is 4.74 Å². The monoisotopic (exact) mass is 253 g/mol. The number of aryl methyl sites for hydroxylation is 1. The fourth-order valence-electron chi connectivity index (χ4n) is 1.49. The van der Waals surface area contributed by atoms with Crippen LogP contribution < -0.4 is 5.32 Å². The SMILES string of the molecule is COCCNC/C(C)=C/c1ccc(C)c(Cl)c1. The molecule has 0 saturated heterocycles. The Morgan fingerprint density at radius 1 is 1.47 bits per heavy atom. The van der Waals surface area contributed by atoms with Gasteiger partial charge in [-0.15, -0.1) is 0 Å². The van der Waals surface area contributed by atoms with Crippen molar-refractivity contribution in [3.05, 3.63) is 39.9 Å². The molecule has 1 aromatic carbocycles. The fraction of sp³-hybridized carbons (Fsp3) is 0.429. The van der Waals surface area contributed by atoms with E-state index in [2.05, 4.69) is 24.4 Å². The smallest absolute Gasteiger partial charge is 0.0587 e. The molecule has 0 aliphatic heterocycles. The van der Waals surface area contributed by atoms with Crippen molar-refractivity contribution in [2.24, 2.45) is 0 Å². The average Bonchev–Trinajstić information content (AvgIpc) is 2.30. The highest BCUT2D eigenvalue weighted by molar-refractivity contribution is 6.31. The van der Waals surface area contributed by atoms with Crippen LogP contribution in [0.2, 0.25) is 5.02 Å². The minimum Gasteiger partial charge on any atom is -0.383 e. The normalized spacial score (nSPS) is 11.9. The summed E-state index contributed by atoms with van der Waals surface area (Å²) in [5, 5.41) is 4.12. The van der Waals surface area contributed by atoms with E-state index < -0.39 is 0 Å². The lowest BCUT2D eigenvalue weighted by Crippen LogP contribution is -2.20. The zero-order chi connectivity index (χ0) is 12.7. The fourth-order valence-corrected chi connectivity index (χ4v) is 1.68. The van der Waals surface area contributed by atoms with Gasteiger partial charge < -0.3 is 10.1 Å². The molecule has 2 nitrogen and oxygen atoms in total. The summed E-state index contributed by atoms with van der Waals surface area (Å²) in [4.78, 5) is 0. The summed E-state index contributed by atoms with van der Waals surface area (Å²) in [5.41, 5.74) is 3.53. The summed E-state index contributed by atoms with van der Waals surface area (Å²) in [6.07, 6.45) is 2.14. The van der Waals surface area contributed by atoms with Gasteiger partial charge >= 0.3 is 0 Å². The molecule has 1 N–H and O–H groups in total. The first-order valence-electron chi connectivity index (χ1n) is 5.76. The molecule has 0 heterocycles. The van der Waals surface area contributed by atoms with Crippen molar-refractivity contribution in [3.8, 4) is 0 Å². The molecule has 1 rings (SSSR count). The number of nitrogens with one attached hydrogen (secondary N) is 1. The van der Waals surface area contributed by atoms with Gasteiger partial charge in [0.15, 0.2) is 0 Å². The lowest BCUT2D eigenvalue weighted by Gasteiger charge is -2.05. The van der Waals surface area contributed by atoms with Gasteiger partial charge in [-0.1, -0.05) is 35.4 Å². The van der Waals surface area contributed by atoms with Gasteiger partial charge in [0.05, 0.1) is 6.61 Å². The van der Waals surface area contributed by atoms with Gasteiger partial charge in [0.2, 0.25) is 0 Å². The van der Waals surface area contributed by atoms with E-state index in [4.69, 9.17) is 16.3 Å². The Kier molecular flexibility index (Phi) is 6.27. The molecule has 0 unspecified atom stereocenters. The van der Waals surface area contributed by atoms with Gasteiger partial charge in [0, 0.05) is 25.2 Å². The summed E-state index contributed by atoms with van der Waals surface area (Å²) in [6, 6.07) is 6.12. The van der Waals surface area contributed by atoms with E-state index in [1.807, 2.05) is 19.1 Å². The zero-order valence-corrected chi connectivity index (χ0v) is 11.5. The molecule has 0 aliphatic rings. The molecule has 3 heteroatoms.